The lowest BCUT2D eigenvalue weighted by atomic mass is 10.2. The maximum atomic E-state index is 10.3. The second kappa shape index (κ2) is 3.39. The number of nitrogens with zero attached hydrogens (tertiary/aromatic N) is 1. The van der Waals surface area contributed by atoms with Crippen LogP contribution in [0.25, 0.3) is 0 Å². The van der Waals surface area contributed by atoms with Crippen LogP contribution in [0.5, 0.6) is 0 Å². The van der Waals surface area contributed by atoms with Crippen molar-refractivity contribution in [1.29, 1.82) is 0 Å². The highest BCUT2D eigenvalue weighted by atomic mass is 16.1. The third kappa shape index (κ3) is 1.99. The van der Waals surface area contributed by atoms with E-state index in [9.17, 15) is 4.79 Å². The second-order valence-electron chi connectivity index (χ2n) is 2.08. The molecule has 1 rings (SSSR count). The fourth-order valence-corrected chi connectivity index (χ4v) is 0.639. The van der Waals surface area contributed by atoms with E-state index in [0.29, 0.717) is 11.3 Å². The third-order valence-corrected chi connectivity index (χ3v) is 1.18. The Hall–Kier alpha value is -2.02. The van der Waals surface area contributed by atoms with E-state index in [1.807, 2.05) is 0 Å². The molecule has 1 aromatic heterocycles. The molecule has 4 N–H and O–H groups in total. The fourth-order valence-electron chi connectivity index (χ4n) is 0.639. The topological polar surface area (TPSA) is 82.0 Å². The van der Waals surface area contributed by atoms with E-state index in [1.165, 1.54) is 6.20 Å². The van der Waals surface area contributed by atoms with E-state index in [4.69, 9.17) is 11.5 Å². The molecule has 4 heteroatoms. The molecule has 0 aliphatic heterocycles. The van der Waals surface area contributed by atoms with Crippen molar-refractivity contribution >= 4 is 11.6 Å². The smallest absolute Gasteiger partial charge is 0.293 e. The van der Waals surface area contributed by atoms with Gasteiger partial charge in [0.2, 0.25) is 0 Å². The van der Waals surface area contributed by atoms with Crippen molar-refractivity contribution in [1.82, 2.24) is 4.98 Å². The zero-order valence-corrected chi connectivity index (χ0v) is 6.24. The second-order valence-corrected chi connectivity index (χ2v) is 2.08. The number of anilines is 1. The van der Waals surface area contributed by atoms with E-state index in [1.54, 1.807) is 12.3 Å². The highest BCUT2D eigenvalue weighted by Crippen LogP contribution is 2.05. The molecular formula is C8H7N3O. The van der Waals surface area contributed by atoms with Crippen LogP contribution in [0.3, 0.4) is 0 Å². The summed E-state index contributed by atoms with van der Waals surface area (Å²) in [6.45, 7) is 0. The van der Waals surface area contributed by atoms with Gasteiger partial charge in [-0.05, 0) is 6.07 Å². The molecule has 4 nitrogen and oxygen atoms in total. The minimum absolute atomic E-state index is 0.485. The maximum Gasteiger partial charge on any atom is 0.293 e. The van der Waals surface area contributed by atoms with Crippen LogP contribution in [0, 0.1) is 11.8 Å². The predicted octanol–water partition coefficient (Wildman–Crippen LogP) is -0.499. The van der Waals surface area contributed by atoms with E-state index < -0.39 is 5.91 Å². The molecule has 0 aliphatic carbocycles. The van der Waals surface area contributed by atoms with Crippen molar-refractivity contribution in [3.8, 4) is 11.8 Å². The fraction of sp³-hybridized carbons (Fsp3) is 0. The first-order valence-electron chi connectivity index (χ1n) is 3.21. The van der Waals surface area contributed by atoms with E-state index in [-0.39, 0.29) is 0 Å². The highest BCUT2D eigenvalue weighted by Gasteiger charge is 1.92. The van der Waals surface area contributed by atoms with Gasteiger partial charge in [0.05, 0.1) is 11.3 Å². The van der Waals surface area contributed by atoms with Crippen LogP contribution >= 0.6 is 0 Å². The molecule has 1 aromatic rings. The van der Waals surface area contributed by atoms with Crippen LogP contribution in [-0.4, -0.2) is 10.9 Å². The van der Waals surface area contributed by atoms with Crippen molar-refractivity contribution in [3.63, 3.8) is 0 Å². The summed E-state index contributed by atoms with van der Waals surface area (Å²) >= 11 is 0. The lowest BCUT2D eigenvalue weighted by Crippen LogP contribution is -2.06. The molecule has 0 saturated carbocycles. The lowest BCUT2D eigenvalue weighted by molar-refractivity contribution is -0.112. The van der Waals surface area contributed by atoms with Gasteiger partial charge >= 0.3 is 0 Å². The van der Waals surface area contributed by atoms with E-state index in [2.05, 4.69) is 16.8 Å². The van der Waals surface area contributed by atoms with Crippen LogP contribution in [0.2, 0.25) is 0 Å². The standard InChI is InChI=1S/C8H7N3O/c9-7-3-4-11-5-6(7)1-2-8(10)12/h3-5H,(H2,9,11)(H2,10,12). The van der Waals surface area contributed by atoms with Crippen LogP contribution in [0.15, 0.2) is 18.5 Å². The average molecular weight is 161 g/mol. The summed E-state index contributed by atoms with van der Waals surface area (Å²) < 4.78 is 0. The number of aromatic nitrogens is 1. The number of carbonyl (C=O) groups is 1. The van der Waals surface area contributed by atoms with Gasteiger partial charge in [0.1, 0.15) is 0 Å². The Morgan fingerprint density at radius 2 is 2.33 bits per heavy atom. The summed E-state index contributed by atoms with van der Waals surface area (Å²) in [5.41, 5.74) is 11.3. The number of amides is 1. The number of pyridine rings is 1. The Kier molecular flexibility index (Phi) is 2.29. The van der Waals surface area contributed by atoms with Crippen LogP contribution < -0.4 is 11.5 Å². The lowest BCUT2D eigenvalue weighted by Gasteiger charge is -1.93. The van der Waals surface area contributed by atoms with Crippen LogP contribution in [0.1, 0.15) is 5.56 Å². The first kappa shape index (κ1) is 8.08. The molecule has 60 valence electrons. The molecule has 0 bridgehead atoms. The first-order chi connectivity index (χ1) is 5.70. The Morgan fingerprint density at radius 3 is 2.92 bits per heavy atom. The largest absolute Gasteiger partial charge is 0.398 e. The highest BCUT2D eigenvalue weighted by molar-refractivity contribution is 5.92. The molecule has 0 atom stereocenters. The van der Waals surface area contributed by atoms with Gasteiger partial charge in [-0.3, -0.25) is 9.78 Å². The first-order valence-corrected chi connectivity index (χ1v) is 3.21. The number of rotatable bonds is 0. The number of nitrogens with two attached hydrogens (primary N) is 2. The van der Waals surface area contributed by atoms with Gasteiger partial charge in [0, 0.05) is 18.3 Å². The average Bonchev–Trinajstić information content (AvgIpc) is 2.03. The number of primary amides is 1. The Labute approximate surface area is 69.6 Å². The summed E-state index contributed by atoms with van der Waals surface area (Å²) in [7, 11) is 0. The van der Waals surface area contributed by atoms with Crippen molar-refractivity contribution in [2.24, 2.45) is 5.73 Å². The molecule has 0 saturated heterocycles. The van der Waals surface area contributed by atoms with Gasteiger partial charge in [-0.1, -0.05) is 5.92 Å². The minimum atomic E-state index is -0.682. The predicted molar refractivity (Wildman–Crippen MR) is 44.7 cm³/mol. The Balaban J connectivity index is 2.99. The molecule has 1 amide bonds. The monoisotopic (exact) mass is 161 g/mol. The zero-order chi connectivity index (χ0) is 8.97. The molecule has 0 aromatic carbocycles. The molecule has 0 aliphatic rings. The molecule has 0 unspecified atom stereocenters. The van der Waals surface area contributed by atoms with Gasteiger partial charge in [0.25, 0.3) is 5.91 Å². The number of hydrogen-bond donors (Lipinski definition) is 2. The SMILES string of the molecule is NC(=O)C#Cc1cnccc1N. The van der Waals surface area contributed by atoms with Crippen molar-refractivity contribution in [2.75, 3.05) is 5.73 Å². The van der Waals surface area contributed by atoms with Crippen LogP contribution in [0.4, 0.5) is 5.69 Å². The van der Waals surface area contributed by atoms with Gasteiger partial charge < -0.3 is 11.5 Å². The number of nitrogen functional groups attached to an aromatic ring is 1. The van der Waals surface area contributed by atoms with Crippen molar-refractivity contribution in [3.05, 3.63) is 24.0 Å². The Morgan fingerprint density at radius 1 is 1.58 bits per heavy atom. The summed E-state index contributed by atoms with van der Waals surface area (Å²) in [6.07, 6.45) is 3.02. The number of carbonyl (C=O) groups excluding carboxylic acids is 1. The summed E-state index contributed by atoms with van der Waals surface area (Å²) in [5, 5.41) is 0. The molecule has 0 fully saturated rings. The van der Waals surface area contributed by atoms with Gasteiger partial charge in [-0.25, -0.2) is 0 Å². The molecule has 0 spiro atoms. The summed E-state index contributed by atoms with van der Waals surface area (Å²) in [4.78, 5) is 14.1. The number of hydrogen-bond acceptors (Lipinski definition) is 3. The molecular weight excluding hydrogens is 154 g/mol. The molecule has 1 heterocycles. The third-order valence-electron chi connectivity index (χ3n) is 1.18. The quantitative estimate of drug-likeness (QED) is 0.503. The van der Waals surface area contributed by atoms with Crippen LogP contribution in [-0.2, 0) is 4.79 Å². The summed E-state index contributed by atoms with van der Waals surface area (Å²) in [5.74, 6) is 3.99. The minimum Gasteiger partial charge on any atom is -0.398 e. The van der Waals surface area contributed by atoms with Gasteiger partial charge in [0.15, 0.2) is 0 Å². The van der Waals surface area contributed by atoms with Gasteiger partial charge in [-0.2, -0.15) is 0 Å². The van der Waals surface area contributed by atoms with Crippen molar-refractivity contribution < 1.29 is 4.79 Å². The molecule has 12 heavy (non-hydrogen) atoms. The van der Waals surface area contributed by atoms with Crippen molar-refractivity contribution in [2.45, 2.75) is 0 Å². The maximum absolute atomic E-state index is 10.3. The van der Waals surface area contributed by atoms with Gasteiger partial charge in [-0.15, -0.1) is 0 Å². The summed E-state index contributed by atoms with van der Waals surface area (Å²) in [6, 6.07) is 1.60. The zero-order valence-electron chi connectivity index (χ0n) is 6.24. The van der Waals surface area contributed by atoms with E-state index >= 15 is 0 Å². The van der Waals surface area contributed by atoms with E-state index in [0.717, 1.165) is 0 Å². The molecule has 0 radical (unpaired) electrons. The normalized spacial score (nSPS) is 8.33. The Bertz CT molecular complexity index is 362.